The molecule has 178 valence electrons. The van der Waals surface area contributed by atoms with E-state index in [9.17, 15) is 4.79 Å². The standard InChI is InChI=1S/C24H31N5O3.HI/c1-25-24(29-13-11-28(12-14-29)23(30)21-8-5-15-31-21)27-17-20-9-10-26-22(16-20)32-18-19-6-3-2-4-7-19;/h2-4,6-7,9-10,16,21H,5,8,11-15,17-18H2,1H3,(H,25,27);1H. The highest BCUT2D eigenvalue weighted by atomic mass is 127. The summed E-state index contributed by atoms with van der Waals surface area (Å²) in [6.45, 7) is 4.67. The van der Waals surface area contributed by atoms with Gasteiger partial charge in [0, 0.05) is 58.6 Å². The number of nitrogens with zero attached hydrogens (tertiary/aromatic N) is 4. The molecule has 2 aliphatic rings. The molecule has 1 atom stereocenters. The van der Waals surface area contributed by atoms with Gasteiger partial charge in [-0.1, -0.05) is 30.3 Å². The fourth-order valence-corrected chi connectivity index (χ4v) is 4.00. The number of nitrogens with one attached hydrogen (secondary N) is 1. The first-order chi connectivity index (χ1) is 15.7. The molecule has 1 unspecified atom stereocenters. The number of piperazine rings is 1. The number of carbonyl (C=O) groups is 1. The number of guanidine groups is 1. The number of hydrogen-bond acceptors (Lipinski definition) is 5. The van der Waals surface area contributed by atoms with Gasteiger partial charge in [-0.3, -0.25) is 9.79 Å². The van der Waals surface area contributed by atoms with Crippen LogP contribution < -0.4 is 10.1 Å². The molecule has 0 spiro atoms. The van der Waals surface area contributed by atoms with Crippen molar-refractivity contribution in [2.24, 2.45) is 4.99 Å². The maximum absolute atomic E-state index is 12.6. The van der Waals surface area contributed by atoms with Gasteiger partial charge >= 0.3 is 0 Å². The average molecular weight is 565 g/mol. The Labute approximate surface area is 212 Å². The van der Waals surface area contributed by atoms with Gasteiger partial charge in [-0.05, 0) is 30.0 Å². The van der Waals surface area contributed by atoms with E-state index < -0.39 is 0 Å². The zero-order chi connectivity index (χ0) is 22.2. The minimum absolute atomic E-state index is 0. The van der Waals surface area contributed by atoms with Crippen LogP contribution in [0, 0.1) is 0 Å². The third-order valence-electron chi connectivity index (χ3n) is 5.79. The smallest absolute Gasteiger partial charge is 0.251 e. The summed E-state index contributed by atoms with van der Waals surface area (Å²) in [6, 6.07) is 14.0. The van der Waals surface area contributed by atoms with Crippen LogP contribution in [0.15, 0.2) is 53.7 Å². The number of aliphatic imine (C=N–C) groups is 1. The number of halogens is 1. The second-order valence-corrected chi connectivity index (χ2v) is 7.99. The first-order valence-electron chi connectivity index (χ1n) is 11.2. The highest BCUT2D eigenvalue weighted by Gasteiger charge is 2.30. The van der Waals surface area contributed by atoms with Gasteiger partial charge in [0.15, 0.2) is 5.96 Å². The monoisotopic (exact) mass is 565 g/mol. The Morgan fingerprint density at radius 2 is 1.91 bits per heavy atom. The molecule has 2 fully saturated rings. The van der Waals surface area contributed by atoms with Gasteiger partial charge in [0.1, 0.15) is 12.7 Å². The quantitative estimate of drug-likeness (QED) is 0.330. The van der Waals surface area contributed by atoms with Crippen LogP contribution in [0.25, 0.3) is 0 Å². The third-order valence-corrected chi connectivity index (χ3v) is 5.79. The van der Waals surface area contributed by atoms with Gasteiger partial charge in [-0.25, -0.2) is 4.98 Å². The number of aromatic nitrogens is 1. The molecule has 8 nitrogen and oxygen atoms in total. The van der Waals surface area contributed by atoms with Crippen molar-refractivity contribution in [1.82, 2.24) is 20.1 Å². The predicted molar refractivity (Wildman–Crippen MR) is 138 cm³/mol. The number of amides is 1. The fraction of sp³-hybridized carbons (Fsp3) is 0.458. The molecule has 1 aromatic carbocycles. The summed E-state index contributed by atoms with van der Waals surface area (Å²) in [5, 5.41) is 3.42. The predicted octanol–water partition coefficient (Wildman–Crippen LogP) is 2.68. The van der Waals surface area contributed by atoms with Crippen molar-refractivity contribution in [3.05, 3.63) is 59.8 Å². The third kappa shape index (κ3) is 7.04. The summed E-state index contributed by atoms with van der Waals surface area (Å²) in [5.41, 5.74) is 2.17. The lowest BCUT2D eigenvalue weighted by molar-refractivity contribution is -0.142. The van der Waals surface area contributed by atoms with E-state index in [0.717, 1.165) is 43.0 Å². The normalized spacial score (nSPS) is 18.6. The van der Waals surface area contributed by atoms with E-state index in [2.05, 4.69) is 20.2 Å². The van der Waals surface area contributed by atoms with Crippen LogP contribution in [0.3, 0.4) is 0 Å². The van der Waals surface area contributed by atoms with Gasteiger partial charge in [-0.15, -0.1) is 24.0 Å². The van der Waals surface area contributed by atoms with Crippen LogP contribution in [-0.4, -0.2) is 72.6 Å². The number of carbonyl (C=O) groups excluding carboxylic acids is 1. The lowest BCUT2D eigenvalue weighted by Gasteiger charge is -2.37. The van der Waals surface area contributed by atoms with E-state index in [4.69, 9.17) is 9.47 Å². The summed E-state index contributed by atoms with van der Waals surface area (Å²) in [6.07, 6.45) is 3.32. The van der Waals surface area contributed by atoms with Gasteiger partial charge in [0.05, 0.1) is 0 Å². The Kier molecular flexibility index (Phi) is 9.74. The summed E-state index contributed by atoms with van der Waals surface area (Å²) < 4.78 is 11.4. The van der Waals surface area contributed by atoms with Crippen molar-refractivity contribution < 1.29 is 14.3 Å². The van der Waals surface area contributed by atoms with Crippen molar-refractivity contribution in [1.29, 1.82) is 0 Å². The van der Waals surface area contributed by atoms with Crippen LogP contribution in [0.5, 0.6) is 5.88 Å². The molecule has 1 N–H and O–H groups in total. The highest BCUT2D eigenvalue weighted by molar-refractivity contribution is 14.0. The van der Waals surface area contributed by atoms with Crippen molar-refractivity contribution in [3.63, 3.8) is 0 Å². The molecule has 0 saturated carbocycles. The van der Waals surface area contributed by atoms with Crippen LogP contribution >= 0.6 is 24.0 Å². The number of rotatable bonds is 6. The largest absolute Gasteiger partial charge is 0.473 e. The summed E-state index contributed by atoms with van der Waals surface area (Å²) in [7, 11) is 1.78. The van der Waals surface area contributed by atoms with E-state index >= 15 is 0 Å². The number of pyridine rings is 1. The van der Waals surface area contributed by atoms with Crippen LogP contribution in [0.4, 0.5) is 0 Å². The Hall–Kier alpha value is -2.40. The van der Waals surface area contributed by atoms with Crippen LogP contribution in [0.2, 0.25) is 0 Å². The summed E-state index contributed by atoms with van der Waals surface area (Å²) in [4.78, 5) is 25.4. The molecule has 4 rings (SSSR count). The highest BCUT2D eigenvalue weighted by Crippen LogP contribution is 2.16. The molecule has 2 saturated heterocycles. The Balaban J connectivity index is 0.00000306. The van der Waals surface area contributed by atoms with Crippen molar-refractivity contribution in [2.45, 2.75) is 32.1 Å². The van der Waals surface area contributed by atoms with Crippen LogP contribution in [0.1, 0.15) is 24.0 Å². The SMILES string of the molecule is CN=C(NCc1ccnc(OCc2ccccc2)c1)N1CCN(C(=O)C2CCCO2)CC1.I. The molecule has 9 heteroatoms. The molecule has 2 aromatic rings. The molecule has 3 heterocycles. The van der Waals surface area contributed by atoms with E-state index in [0.29, 0.717) is 38.7 Å². The molecule has 1 aromatic heterocycles. The molecule has 1 amide bonds. The van der Waals surface area contributed by atoms with E-state index in [-0.39, 0.29) is 36.0 Å². The molecule has 0 bridgehead atoms. The van der Waals surface area contributed by atoms with Crippen molar-refractivity contribution >= 4 is 35.8 Å². The number of benzene rings is 1. The molecule has 0 radical (unpaired) electrons. The maximum Gasteiger partial charge on any atom is 0.251 e. The lowest BCUT2D eigenvalue weighted by Crippen LogP contribution is -2.55. The molecule has 33 heavy (non-hydrogen) atoms. The second-order valence-electron chi connectivity index (χ2n) is 7.99. The summed E-state index contributed by atoms with van der Waals surface area (Å²) >= 11 is 0. The Morgan fingerprint density at radius 3 is 2.61 bits per heavy atom. The van der Waals surface area contributed by atoms with Gasteiger partial charge in [0.2, 0.25) is 5.88 Å². The Morgan fingerprint density at radius 1 is 1.15 bits per heavy atom. The zero-order valence-electron chi connectivity index (χ0n) is 19.0. The number of ether oxygens (including phenoxy) is 2. The average Bonchev–Trinajstić information content (AvgIpc) is 3.39. The number of hydrogen-bond donors (Lipinski definition) is 1. The first-order valence-corrected chi connectivity index (χ1v) is 11.2. The minimum atomic E-state index is -0.246. The van der Waals surface area contributed by atoms with E-state index in [1.807, 2.05) is 47.4 Å². The molecule has 0 aliphatic carbocycles. The van der Waals surface area contributed by atoms with E-state index in [1.54, 1.807) is 13.2 Å². The maximum atomic E-state index is 12.6. The second kappa shape index (κ2) is 12.7. The van der Waals surface area contributed by atoms with Gasteiger partial charge < -0.3 is 24.6 Å². The fourth-order valence-electron chi connectivity index (χ4n) is 4.00. The first kappa shape index (κ1) is 25.2. The van der Waals surface area contributed by atoms with Crippen LogP contribution in [-0.2, 0) is 22.7 Å². The van der Waals surface area contributed by atoms with Crippen molar-refractivity contribution in [3.8, 4) is 5.88 Å². The molecular weight excluding hydrogens is 533 g/mol. The minimum Gasteiger partial charge on any atom is -0.473 e. The topological polar surface area (TPSA) is 79.3 Å². The van der Waals surface area contributed by atoms with Gasteiger partial charge in [-0.2, -0.15) is 0 Å². The Bertz CT molecular complexity index is 913. The lowest BCUT2D eigenvalue weighted by atomic mass is 10.2. The van der Waals surface area contributed by atoms with E-state index in [1.165, 1.54) is 0 Å². The zero-order valence-corrected chi connectivity index (χ0v) is 21.3. The van der Waals surface area contributed by atoms with Crippen molar-refractivity contribution in [2.75, 3.05) is 39.8 Å². The molecule has 2 aliphatic heterocycles. The van der Waals surface area contributed by atoms with Gasteiger partial charge in [0.25, 0.3) is 5.91 Å². The summed E-state index contributed by atoms with van der Waals surface area (Å²) in [5.74, 6) is 1.56. The molecular formula is C24H32IN5O3.